The van der Waals surface area contributed by atoms with Crippen LogP contribution in [0.3, 0.4) is 0 Å². The van der Waals surface area contributed by atoms with E-state index in [-0.39, 0.29) is 10.6 Å². The highest BCUT2D eigenvalue weighted by Gasteiger charge is 2.24. The van der Waals surface area contributed by atoms with Crippen LogP contribution < -0.4 is 15.4 Å². The summed E-state index contributed by atoms with van der Waals surface area (Å²) < 4.78 is 29.8. The maximum atomic E-state index is 13.3. The number of amides is 2. The third-order valence-electron chi connectivity index (χ3n) is 4.59. The number of carbonyl (C=O) groups is 1. The summed E-state index contributed by atoms with van der Waals surface area (Å²) in [6.07, 6.45) is 1.54. The number of benzene rings is 3. The average Bonchev–Trinajstić information content (AvgIpc) is 2.75. The van der Waals surface area contributed by atoms with Crippen molar-refractivity contribution in [1.29, 1.82) is 0 Å². The molecule has 1 heterocycles. The molecule has 0 saturated carbocycles. The number of nitrogens with two attached hydrogens (primary N) is 1. The van der Waals surface area contributed by atoms with E-state index >= 15 is 0 Å². The molecule has 0 aliphatic carbocycles. The molecule has 0 aliphatic heterocycles. The number of rotatable bonds is 5. The number of halogens is 1. The van der Waals surface area contributed by atoms with Crippen LogP contribution >= 0.6 is 15.9 Å². The first kappa shape index (κ1) is 20.8. The average molecular weight is 497 g/mol. The Morgan fingerprint density at radius 1 is 0.903 bits per heavy atom. The molecular weight excluding hydrogens is 480 g/mol. The van der Waals surface area contributed by atoms with Crippen LogP contribution in [0.2, 0.25) is 0 Å². The van der Waals surface area contributed by atoms with E-state index in [4.69, 9.17) is 5.73 Å². The zero-order valence-electron chi connectivity index (χ0n) is 16.1. The second-order valence-electron chi connectivity index (χ2n) is 6.58. The molecule has 0 fully saturated rings. The first-order valence-corrected chi connectivity index (χ1v) is 11.5. The highest BCUT2D eigenvalue weighted by atomic mass is 79.9. The molecule has 0 saturated heterocycles. The summed E-state index contributed by atoms with van der Waals surface area (Å²) in [4.78, 5) is 17.9. The van der Waals surface area contributed by atoms with Crippen LogP contribution in [0.4, 0.5) is 21.9 Å². The quantitative estimate of drug-likeness (QED) is 0.404. The molecule has 2 amide bonds. The summed E-state index contributed by atoms with van der Waals surface area (Å²) in [6, 6.07) is 21.3. The van der Waals surface area contributed by atoms with Crippen LogP contribution in [-0.2, 0) is 10.0 Å². The van der Waals surface area contributed by atoms with Crippen molar-refractivity contribution in [1.82, 2.24) is 4.98 Å². The van der Waals surface area contributed by atoms with Crippen molar-refractivity contribution in [2.75, 3.05) is 9.62 Å². The molecule has 0 radical (unpaired) electrons. The highest BCUT2D eigenvalue weighted by molar-refractivity contribution is 9.10. The molecule has 1 aromatic heterocycles. The molecule has 31 heavy (non-hydrogen) atoms. The van der Waals surface area contributed by atoms with Gasteiger partial charge in [0, 0.05) is 16.1 Å². The first-order valence-electron chi connectivity index (χ1n) is 9.18. The van der Waals surface area contributed by atoms with Gasteiger partial charge in [-0.1, -0.05) is 42.5 Å². The van der Waals surface area contributed by atoms with E-state index in [1.165, 1.54) is 17.2 Å². The van der Waals surface area contributed by atoms with Crippen LogP contribution in [0.25, 0.3) is 10.9 Å². The zero-order chi connectivity index (χ0) is 22.0. The number of anilines is 3. The van der Waals surface area contributed by atoms with Crippen LogP contribution in [0.5, 0.6) is 0 Å². The second-order valence-corrected chi connectivity index (χ2v) is 9.08. The lowest BCUT2D eigenvalue weighted by molar-refractivity contribution is 0.256. The molecular formula is C22H17BrN4O3S. The molecule has 0 atom stereocenters. The van der Waals surface area contributed by atoms with Gasteiger partial charge in [0.1, 0.15) is 4.90 Å². The Bertz CT molecular complexity index is 1390. The van der Waals surface area contributed by atoms with Gasteiger partial charge >= 0.3 is 6.03 Å². The summed E-state index contributed by atoms with van der Waals surface area (Å²) in [5.74, 6) is 0. The number of primary amides is 1. The van der Waals surface area contributed by atoms with Crippen LogP contribution in [0, 0.1) is 0 Å². The number of urea groups is 1. The Hall–Kier alpha value is -3.43. The second kappa shape index (κ2) is 8.37. The van der Waals surface area contributed by atoms with Gasteiger partial charge in [-0.25, -0.2) is 13.2 Å². The summed E-state index contributed by atoms with van der Waals surface area (Å²) >= 11 is 3.42. The van der Waals surface area contributed by atoms with Gasteiger partial charge in [0.15, 0.2) is 0 Å². The Kier molecular flexibility index (Phi) is 5.62. The number of para-hydroxylation sites is 4. The molecule has 9 heteroatoms. The lowest BCUT2D eigenvalue weighted by Gasteiger charge is -2.24. The SMILES string of the molecule is NC(=O)N(c1ccccc1Br)c1ccccc1NS(=O)(=O)c1cccc2cccnc12. The van der Waals surface area contributed by atoms with Crippen molar-refractivity contribution in [3.63, 3.8) is 0 Å². The molecule has 3 N–H and O–H groups in total. The van der Waals surface area contributed by atoms with E-state index in [9.17, 15) is 13.2 Å². The van der Waals surface area contributed by atoms with Gasteiger partial charge in [0.25, 0.3) is 10.0 Å². The number of fused-ring (bicyclic) bond motifs is 1. The molecule has 7 nitrogen and oxygen atoms in total. The summed E-state index contributed by atoms with van der Waals surface area (Å²) in [6.45, 7) is 0. The van der Waals surface area contributed by atoms with Gasteiger partial charge in [0.05, 0.1) is 22.6 Å². The smallest absolute Gasteiger partial charge is 0.323 e. The maximum absolute atomic E-state index is 13.3. The van der Waals surface area contributed by atoms with Crippen molar-refractivity contribution < 1.29 is 13.2 Å². The standard InChI is InChI=1S/C22H17BrN4O3S/c23-16-9-1-3-11-18(16)27(22(24)28)19-12-4-2-10-17(19)26-31(29,30)20-13-5-7-15-8-6-14-25-21(15)20/h1-14,26H,(H2,24,28). The van der Waals surface area contributed by atoms with E-state index in [1.807, 2.05) is 0 Å². The lowest BCUT2D eigenvalue weighted by atomic mass is 10.2. The van der Waals surface area contributed by atoms with Gasteiger partial charge in [-0.2, -0.15) is 0 Å². The van der Waals surface area contributed by atoms with Crippen molar-refractivity contribution in [2.45, 2.75) is 4.90 Å². The van der Waals surface area contributed by atoms with Gasteiger partial charge in [-0.3, -0.25) is 14.6 Å². The predicted molar refractivity (Wildman–Crippen MR) is 125 cm³/mol. The lowest BCUT2D eigenvalue weighted by Crippen LogP contribution is -2.32. The number of sulfonamides is 1. The molecule has 0 bridgehead atoms. The van der Waals surface area contributed by atoms with Crippen LogP contribution in [-0.4, -0.2) is 19.4 Å². The van der Waals surface area contributed by atoms with Crippen molar-refractivity contribution in [3.05, 3.63) is 89.5 Å². The fourth-order valence-electron chi connectivity index (χ4n) is 3.25. The van der Waals surface area contributed by atoms with E-state index in [0.717, 1.165) is 0 Å². The number of nitrogens with zero attached hydrogens (tertiary/aromatic N) is 2. The topological polar surface area (TPSA) is 105 Å². The first-order chi connectivity index (χ1) is 14.9. The third-order valence-corrected chi connectivity index (χ3v) is 6.66. The van der Waals surface area contributed by atoms with E-state index in [0.29, 0.717) is 26.8 Å². The summed E-state index contributed by atoms with van der Waals surface area (Å²) in [5, 5.41) is 0.700. The number of pyridine rings is 1. The Morgan fingerprint density at radius 3 is 2.32 bits per heavy atom. The van der Waals surface area contributed by atoms with Gasteiger partial charge in [-0.15, -0.1) is 0 Å². The Labute approximate surface area is 187 Å². The fourth-order valence-corrected chi connectivity index (χ4v) is 4.97. The molecule has 4 aromatic rings. The Balaban J connectivity index is 1.82. The molecule has 0 unspecified atom stereocenters. The predicted octanol–water partition coefficient (Wildman–Crippen LogP) is 5.01. The highest BCUT2D eigenvalue weighted by Crippen LogP contribution is 2.37. The minimum atomic E-state index is -4.02. The number of hydrogen-bond acceptors (Lipinski definition) is 4. The van der Waals surface area contributed by atoms with Gasteiger partial charge < -0.3 is 5.73 Å². The van der Waals surface area contributed by atoms with Crippen molar-refractivity contribution >= 4 is 59.9 Å². The number of aromatic nitrogens is 1. The van der Waals surface area contributed by atoms with E-state index in [2.05, 4.69) is 25.6 Å². The van der Waals surface area contributed by atoms with Gasteiger partial charge in [-0.05, 0) is 52.3 Å². The molecule has 4 rings (SSSR count). The third kappa shape index (κ3) is 4.10. The minimum absolute atomic E-state index is 0.0342. The van der Waals surface area contributed by atoms with Crippen LogP contribution in [0.1, 0.15) is 0 Å². The van der Waals surface area contributed by atoms with E-state index in [1.54, 1.807) is 72.8 Å². The summed E-state index contributed by atoms with van der Waals surface area (Å²) in [5.41, 5.74) is 6.99. The van der Waals surface area contributed by atoms with Gasteiger partial charge in [0.2, 0.25) is 0 Å². The van der Waals surface area contributed by atoms with Crippen LogP contribution in [0.15, 0.2) is 94.4 Å². The van der Waals surface area contributed by atoms with Crippen molar-refractivity contribution in [2.24, 2.45) is 5.73 Å². The number of carbonyl (C=O) groups excluding carboxylic acids is 1. The summed E-state index contributed by atoms with van der Waals surface area (Å²) in [7, 11) is -4.02. The largest absolute Gasteiger partial charge is 0.351 e. The normalized spacial score (nSPS) is 11.3. The fraction of sp³-hybridized carbons (Fsp3) is 0. The van der Waals surface area contributed by atoms with E-state index < -0.39 is 16.1 Å². The zero-order valence-corrected chi connectivity index (χ0v) is 18.5. The molecule has 0 spiro atoms. The Morgan fingerprint density at radius 2 is 1.58 bits per heavy atom. The number of nitrogens with one attached hydrogen (secondary N) is 1. The minimum Gasteiger partial charge on any atom is -0.351 e. The molecule has 156 valence electrons. The number of hydrogen-bond donors (Lipinski definition) is 2. The monoisotopic (exact) mass is 496 g/mol. The molecule has 3 aromatic carbocycles. The molecule has 0 aliphatic rings. The maximum Gasteiger partial charge on any atom is 0.323 e. The van der Waals surface area contributed by atoms with Crippen molar-refractivity contribution in [3.8, 4) is 0 Å².